The van der Waals surface area contributed by atoms with Crippen LogP contribution >= 0.6 is 0 Å². The topological polar surface area (TPSA) is 35.5 Å². The van der Waals surface area contributed by atoms with Crippen molar-refractivity contribution in [3.05, 3.63) is 12.2 Å². The summed E-state index contributed by atoms with van der Waals surface area (Å²) in [5, 5.41) is 0. The highest BCUT2D eigenvalue weighted by molar-refractivity contribution is 5.82. The zero-order chi connectivity index (χ0) is 10.4. The fraction of sp³-hybridized carbons (Fsp3) is 0.727. The lowest BCUT2D eigenvalue weighted by Crippen LogP contribution is -2.14. The number of carbonyl (C=O) groups excluding carboxylic acids is 1. The van der Waals surface area contributed by atoms with Gasteiger partial charge < -0.3 is 9.47 Å². The van der Waals surface area contributed by atoms with E-state index in [0.29, 0.717) is 5.92 Å². The fourth-order valence-corrected chi connectivity index (χ4v) is 1.39. The Balaban J connectivity index is 2.27. The Morgan fingerprint density at radius 1 is 1.43 bits per heavy atom. The summed E-state index contributed by atoms with van der Waals surface area (Å²) in [5.41, 5.74) is 0. The molecule has 1 saturated heterocycles. The van der Waals surface area contributed by atoms with Gasteiger partial charge in [-0.2, -0.15) is 0 Å². The van der Waals surface area contributed by atoms with Crippen molar-refractivity contribution in [3.8, 4) is 0 Å². The van der Waals surface area contributed by atoms with Crippen LogP contribution in [-0.2, 0) is 14.3 Å². The minimum absolute atomic E-state index is 0.0400. The summed E-state index contributed by atoms with van der Waals surface area (Å²) < 4.78 is 10.2. The van der Waals surface area contributed by atoms with Gasteiger partial charge in [-0.15, -0.1) is 0 Å². The predicted octanol–water partition coefficient (Wildman–Crippen LogP) is 1.92. The molecule has 1 heterocycles. The summed E-state index contributed by atoms with van der Waals surface area (Å²) in [5.74, 6) is 0.231. The van der Waals surface area contributed by atoms with E-state index < -0.39 is 0 Å². The Morgan fingerprint density at radius 3 is 2.64 bits per heavy atom. The van der Waals surface area contributed by atoms with Crippen LogP contribution in [0.4, 0.5) is 0 Å². The van der Waals surface area contributed by atoms with Gasteiger partial charge in [-0.05, 0) is 32.6 Å². The van der Waals surface area contributed by atoms with E-state index in [-0.39, 0.29) is 12.1 Å². The van der Waals surface area contributed by atoms with Gasteiger partial charge in [0.1, 0.15) is 0 Å². The number of allylic oxidation sites excluding steroid dienone is 1. The quantitative estimate of drug-likeness (QED) is 0.513. The molecule has 0 aromatic carbocycles. The second-order valence-corrected chi connectivity index (χ2v) is 3.79. The Hall–Kier alpha value is -0.830. The molecule has 3 heteroatoms. The average Bonchev–Trinajstić information content (AvgIpc) is 2.15. The molecule has 0 spiro atoms. The summed E-state index contributed by atoms with van der Waals surface area (Å²) in [6.45, 7) is 5.29. The Bertz CT molecular complexity index is 203. The third kappa shape index (κ3) is 4.42. The van der Waals surface area contributed by atoms with Crippen molar-refractivity contribution in [2.75, 3.05) is 13.2 Å². The summed E-state index contributed by atoms with van der Waals surface area (Å²) in [4.78, 5) is 11.2. The molecule has 1 rings (SSSR count). The minimum Gasteiger partial charge on any atom is -0.460 e. The van der Waals surface area contributed by atoms with E-state index in [1.807, 2.05) is 19.9 Å². The van der Waals surface area contributed by atoms with Gasteiger partial charge in [0, 0.05) is 19.3 Å². The standard InChI is InChI=1S/C11H18O3/c1-9(2)14-11(12)4-3-10-5-7-13-8-6-10/h3-4,9-10H,5-8H2,1-2H3. The van der Waals surface area contributed by atoms with Crippen molar-refractivity contribution in [3.63, 3.8) is 0 Å². The molecule has 3 nitrogen and oxygen atoms in total. The van der Waals surface area contributed by atoms with Gasteiger partial charge in [0.05, 0.1) is 6.10 Å². The molecule has 1 aliphatic rings. The predicted molar refractivity (Wildman–Crippen MR) is 53.9 cm³/mol. The molecular formula is C11H18O3. The van der Waals surface area contributed by atoms with Crippen LogP contribution in [0.2, 0.25) is 0 Å². The summed E-state index contributed by atoms with van der Waals surface area (Å²) in [6.07, 6.45) is 5.45. The first-order valence-corrected chi connectivity index (χ1v) is 5.15. The maximum atomic E-state index is 11.2. The molecule has 0 bridgehead atoms. The van der Waals surface area contributed by atoms with Crippen LogP contribution in [0.1, 0.15) is 26.7 Å². The number of hydrogen-bond acceptors (Lipinski definition) is 3. The van der Waals surface area contributed by atoms with Crippen LogP contribution in [-0.4, -0.2) is 25.3 Å². The van der Waals surface area contributed by atoms with Gasteiger partial charge in [0.25, 0.3) is 0 Å². The Morgan fingerprint density at radius 2 is 2.07 bits per heavy atom. The highest BCUT2D eigenvalue weighted by Gasteiger charge is 2.11. The second-order valence-electron chi connectivity index (χ2n) is 3.79. The van der Waals surface area contributed by atoms with Gasteiger partial charge in [0.2, 0.25) is 0 Å². The summed E-state index contributed by atoms with van der Waals surface area (Å²) in [6, 6.07) is 0. The number of rotatable bonds is 3. The molecule has 1 aliphatic heterocycles. The van der Waals surface area contributed by atoms with Crippen molar-refractivity contribution in [1.82, 2.24) is 0 Å². The second kappa shape index (κ2) is 5.81. The molecule has 0 amide bonds. The van der Waals surface area contributed by atoms with Gasteiger partial charge in [-0.3, -0.25) is 0 Å². The fourth-order valence-electron chi connectivity index (χ4n) is 1.39. The summed E-state index contributed by atoms with van der Waals surface area (Å²) >= 11 is 0. The monoisotopic (exact) mass is 198 g/mol. The molecule has 1 fully saturated rings. The van der Waals surface area contributed by atoms with E-state index in [4.69, 9.17) is 9.47 Å². The molecule has 0 unspecified atom stereocenters. The van der Waals surface area contributed by atoms with Crippen LogP contribution in [0.25, 0.3) is 0 Å². The normalized spacial score (nSPS) is 19.1. The molecular weight excluding hydrogens is 180 g/mol. The van der Waals surface area contributed by atoms with Crippen molar-refractivity contribution < 1.29 is 14.3 Å². The first-order valence-electron chi connectivity index (χ1n) is 5.15. The van der Waals surface area contributed by atoms with E-state index in [2.05, 4.69) is 0 Å². The van der Waals surface area contributed by atoms with Gasteiger partial charge in [0.15, 0.2) is 0 Å². The molecule has 0 N–H and O–H groups in total. The molecule has 0 radical (unpaired) electrons. The molecule has 0 saturated carbocycles. The first kappa shape index (κ1) is 11.2. The summed E-state index contributed by atoms with van der Waals surface area (Å²) in [7, 11) is 0. The van der Waals surface area contributed by atoms with Crippen molar-refractivity contribution >= 4 is 5.97 Å². The lowest BCUT2D eigenvalue weighted by molar-refractivity contribution is -0.141. The third-order valence-corrected chi connectivity index (χ3v) is 2.12. The largest absolute Gasteiger partial charge is 0.460 e. The smallest absolute Gasteiger partial charge is 0.330 e. The van der Waals surface area contributed by atoms with Crippen molar-refractivity contribution in [2.45, 2.75) is 32.8 Å². The highest BCUT2D eigenvalue weighted by atomic mass is 16.5. The molecule has 0 aliphatic carbocycles. The lowest BCUT2D eigenvalue weighted by Gasteiger charge is -2.18. The lowest BCUT2D eigenvalue weighted by atomic mass is 10.00. The van der Waals surface area contributed by atoms with E-state index in [9.17, 15) is 4.79 Å². The van der Waals surface area contributed by atoms with Crippen LogP contribution in [0.5, 0.6) is 0 Å². The zero-order valence-corrected chi connectivity index (χ0v) is 8.86. The van der Waals surface area contributed by atoms with Crippen LogP contribution < -0.4 is 0 Å². The van der Waals surface area contributed by atoms with Gasteiger partial charge in [-0.25, -0.2) is 4.79 Å². The van der Waals surface area contributed by atoms with Crippen LogP contribution in [0.15, 0.2) is 12.2 Å². The van der Waals surface area contributed by atoms with Gasteiger partial charge in [-0.1, -0.05) is 6.08 Å². The highest BCUT2D eigenvalue weighted by Crippen LogP contribution is 2.15. The third-order valence-electron chi connectivity index (χ3n) is 2.12. The molecule has 80 valence electrons. The number of ether oxygens (including phenoxy) is 2. The van der Waals surface area contributed by atoms with E-state index in [0.717, 1.165) is 26.1 Å². The molecule has 0 aromatic rings. The maximum absolute atomic E-state index is 11.2. The average molecular weight is 198 g/mol. The molecule has 0 aromatic heterocycles. The zero-order valence-electron chi connectivity index (χ0n) is 8.86. The number of carbonyl (C=O) groups is 1. The van der Waals surface area contributed by atoms with Crippen LogP contribution in [0.3, 0.4) is 0 Å². The minimum atomic E-state index is -0.244. The van der Waals surface area contributed by atoms with E-state index in [1.165, 1.54) is 6.08 Å². The Labute approximate surface area is 85.1 Å². The molecule has 0 atom stereocenters. The maximum Gasteiger partial charge on any atom is 0.330 e. The Kier molecular flexibility index (Phi) is 4.66. The molecule has 14 heavy (non-hydrogen) atoms. The first-order chi connectivity index (χ1) is 6.68. The van der Waals surface area contributed by atoms with Crippen LogP contribution in [0, 0.1) is 5.92 Å². The van der Waals surface area contributed by atoms with Gasteiger partial charge >= 0.3 is 5.97 Å². The number of hydrogen-bond donors (Lipinski definition) is 0. The SMILES string of the molecule is CC(C)OC(=O)C=CC1CCOCC1. The van der Waals surface area contributed by atoms with E-state index in [1.54, 1.807) is 0 Å². The van der Waals surface area contributed by atoms with Crippen molar-refractivity contribution in [2.24, 2.45) is 5.92 Å². The number of esters is 1. The van der Waals surface area contributed by atoms with E-state index >= 15 is 0 Å². The van der Waals surface area contributed by atoms with Crippen molar-refractivity contribution in [1.29, 1.82) is 0 Å².